The van der Waals surface area contributed by atoms with Crippen LogP contribution in [0.15, 0.2) is 0 Å². The van der Waals surface area contributed by atoms with E-state index in [0.717, 1.165) is 32.2 Å². The number of piperidine rings is 2. The third-order valence-electron chi connectivity index (χ3n) is 7.82. The van der Waals surface area contributed by atoms with Crippen molar-refractivity contribution >= 4 is 10.0 Å². The molecule has 0 aromatic rings. The monoisotopic (exact) mass is 412 g/mol. The predicted octanol–water partition coefficient (Wildman–Crippen LogP) is 1.68. The zero-order valence-corrected chi connectivity index (χ0v) is 19.1. The van der Waals surface area contributed by atoms with Crippen molar-refractivity contribution in [3.8, 4) is 0 Å². The van der Waals surface area contributed by atoms with Gasteiger partial charge in [-0.05, 0) is 79.6 Å². The van der Waals surface area contributed by atoms with Crippen LogP contribution in [0.4, 0.5) is 0 Å². The Bertz CT molecular complexity index is 635. The van der Waals surface area contributed by atoms with E-state index in [4.69, 9.17) is 0 Å². The molecule has 0 radical (unpaired) electrons. The van der Waals surface area contributed by atoms with E-state index >= 15 is 0 Å². The third-order valence-corrected chi connectivity index (χ3v) is 9.99. The van der Waals surface area contributed by atoms with Gasteiger partial charge < -0.3 is 9.80 Å². The Morgan fingerprint density at radius 2 is 1.25 bits per heavy atom. The van der Waals surface area contributed by atoms with Gasteiger partial charge >= 0.3 is 0 Å². The number of hydrogen-bond donors (Lipinski definition) is 0. The first kappa shape index (κ1) is 21.0. The molecule has 1 spiro atoms. The molecule has 4 fully saturated rings. The largest absolute Gasteiger partial charge is 0.301 e. The zero-order valence-electron chi connectivity index (χ0n) is 18.3. The van der Waals surface area contributed by atoms with Gasteiger partial charge in [-0.2, -0.15) is 0 Å². The van der Waals surface area contributed by atoms with Crippen LogP contribution in [0, 0.1) is 5.41 Å². The van der Waals surface area contributed by atoms with E-state index in [1.807, 2.05) is 0 Å². The SMILES string of the molecule is CC(C)N1CCC(N2CCC(N3CC4(C3)CN(S(=O)(=O)C(C)C)C4)CC2)CC1. The maximum Gasteiger partial charge on any atom is 0.216 e. The Kier molecular flexibility index (Phi) is 5.86. The van der Waals surface area contributed by atoms with Gasteiger partial charge in [0.15, 0.2) is 0 Å². The summed E-state index contributed by atoms with van der Waals surface area (Å²) < 4.78 is 26.3. The number of sulfonamides is 1. The summed E-state index contributed by atoms with van der Waals surface area (Å²) in [6.07, 6.45) is 5.23. The Labute approximate surface area is 172 Å². The molecule has 4 heterocycles. The van der Waals surface area contributed by atoms with E-state index in [1.165, 1.54) is 51.9 Å². The third kappa shape index (κ3) is 3.89. The number of nitrogens with zero attached hydrogens (tertiary/aromatic N) is 4. The molecule has 4 aliphatic heterocycles. The van der Waals surface area contributed by atoms with Crippen LogP contribution in [0.25, 0.3) is 0 Å². The van der Waals surface area contributed by atoms with Gasteiger partial charge in [-0.3, -0.25) is 4.90 Å². The van der Waals surface area contributed by atoms with E-state index in [1.54, 1.807) is 18.2 Å². The lowest BCUT2D eigenvalue weighted by molar-refractivity contribution is -0.110. The van der Waals surface area contributed by atoms with Gasteiger partial charge in [-0.25, -0.2) is 12.7 Å². The summed E-state index contributed by atoms with van der Waals surface area (Å²) in [5.74, 6) is 0. The summed E-state index contributed by atoms with van der Waals surface area (Å²) in [5.41, 5.74) is 0.267. The molecule has 0 aliphatic carbocycles. The smallest absolute Gasteiger partial charge is 0.216 e. The first-order valence-electron chi connectivity index (χ1n) is 11.4. The van der Waals surface area contributed by atoms with Gasteiger partial charge in [0.1, 0.15) is 0 Å². The molecule has 0 amide bonds. The fourth-order valence-electron chi connectivity index (χ4n) is 5.84. The van der Waals surface area contributed by atoms with Crippen LogP contribution in [0.2, 0.25) is 0 Å². The van der Waals surface area contributed by atoms with Crippen molar-refractivity contribution in [3.63, 3.8) is 0 Å². The van der Waals surface area contributed by atoms with Gasteiger partial charge in [0.25, 0.3) is 0 Å². The summed E-state index contributed by atoms with van der Waals surface area (Å²) >= 11 is 0. The van der Waals surface area contributed by atoms with Crippen LogP contribution < -0.4 is 0 Å². The highest BCUT2D eigenvalue weighted by Crippen LogP contribution is 2.43. The molecule has 0 N–H and O–H groups in total. The van der Waals surface area contributed by atoms with E-state index in [0.29, 0.717) is 12.1 Å². The highest BCUT2D eigenvalue weighted by Gasteiger charge is 2.56. The second kappa shape index (κ2) is 7.80. The van der Waals surface area contributed by atoms with Crippen LogP contribution in [0.5, 0.6) is 0 Å². The molecule has 0 bridgehead atoms. The molecule has 28 heavy (non-hydrogen) atoms. The Morgan fingerprint density at radius 1 is 0.750 bits per heavy atom. The molecule has 4 rings (SSSR count). The second-order valence-electron chi connectivity index (χ2n) is 10.4. The van der Waals surface area contributed by atoms with Crippen molar-refractivity contribution in [3.05, 3.63) is 0 Å². The lowest BCUT2D eigenvalue weighted by Crippen LogP contribution is -2.74. The first-order chi connectivity index (χ1) is 13.2. The van der Waals surface area contributed by atoms with Crippen molar-refractivity contribution < 1.29 is 8.42 Å². The van der Waals surface area contributed by atoms with Gasteiger partial charge in [0, 0.05) is 49.7 Å². The minimum absolute atomic E-state index is 0.267. The van der Waals surface area contributed by atoms with Gasteiger partial charge in [0.05, 0.1) is 5.25 Å². The van der Waals surface area contributed by atoms with Crippen LogP contribution in [-0.4, -0.2) is 103 Å². The highest BCUT2D eigenvalue weighted by atomic mass is 32.2. The first-order valence-corrected chi connectivity index (χ1v) is 12.9. The van der Waals surface area contributed by atoms with Crippen molar-refractivity contribution in [2.75, 3.05) is 52.4 Å². The average Bonchev–Trinajstić information content (AvgIpc) is 2.59. The molecule has 4 aliphatic rings. The predicted molar refractivity (Wildman–Crippen MR) is 114 cm³/mol. The molecule has 6 nitrogen and oxygen atoms in total. The van der Waals surface area contributed by atoms with E-state index in [-0.39, 0.29) is 10.7 Å². The van der Waals surface area contributed by atoms with Crippen molar-refractivity contribution in [2.24, 2.45) is 5.41 Å². The van der Waals surface area contributed by atoms with Crippen molar-refractivity contribution in [2.45, 2.75) is 76.8 Å². The maximum atomic E-state index is 12.3. The quantitative estimate of drug-likeness (QED) is 0.688. The lowest BCUT2D eigenvalue weighted by atomic mass is 9.73. The Hall–Kier alpha value is -0.210. The summed E-state index contributed by atoms with van der Waals surface area (Å²) in [6, 6.07) is 2.19. The maximum absolute atomic E-state index is 12.3. The number of rotatable bonds is 5. The van der Waals surface area contributed by atoms with Gasteiger partial charge in [-0.1, -0.05) is 0 Å². The molecule has 7 heteroatoms. The van der Waals surface area contributed by atoms with Crippen LogP contribution in [-0.2, 0) is 10.0 Å². The molecule has 0 unspecified atom stereocenters. The zero-order chi connectivity index (χ0) is 20.1. The second-order valence-corrected chi connectivity index (χ2v) is 12.9. The van der Waals surface area contributed by atoms with E-state index in [9.17, 15) is 8.42 Å². The van der Waals surface area contributed by atoms with Crippen molar-refractivity contribution in [1.29, 1.82) is 0 Å². The highest BCUT2D eigenvalue weighted by molar-refractivity contribution is 7.89. The minimum atomic E-state index is -3.05. The van der Waals surface area contributed by atoms with Crippen LogP contribution >= 0.6 is 0 Å². The fourth-order valence-corrected chi connectivity index (χ4v) is 7.34. The summed E-state index contributed by atoms with van der Waals surface area (Å²) in [6.45, 7) is 16.9. The summed E-state index contributed by atoms with van der Waals surface area (Å²) in [7, 11) is -3.05. The average molecular weight is 413 g/mol. The van der Waals surface area contributed by atoms with Gasteiger partial charge in [0.2, 0.25) is 10.0 Å². The minimum Gasteiger partial charge on any atom is -0.301 e. The van der Waals surface area contributed by atoms with E-state index < -0.39 is 10.0 Å². The van der Waals surface area contributed by atoms with Crippen molar-refractivity contribution in [1.82, 2.24) is 19.0 Å². The molecule has 0 aromatic heterocycles. The number of hydrogen-bond acceptors (Lipinski definition) is 5. The Balaban J connectivity index is 1.18. The van der Waals surface area contributed by atoms with Gasteiger partial charge in [-0.15, -0.1) is 0 Å². The molecule has 0 aromatic carbocycles. The van der Waals surface area contributed by atoms with E-state index in [2.05, 4.69) is 28.5 Å². The molecule has 0 saturated carbocycles. The molecule has 4 saturated heterocycles. The topological polar surface area (TPSA) is 47.1 Å². The lowest BCUT2D eigenvalue weighted by Gasteiger charge is -2.62. The summed E-state index contributed by atoms with van der Waals surface area (Å²) in [5, 5.41) is -0.294. The standard InChI is InChI=1S/C21H40N4O2S/c1-17(2)22-9-5-19(6-10-22)23-11-7-20(8-12-23)24-13-21(14-24)15-25(16-21)28(26,27)18(3)4/h17-20H,5-16H2,1-4H3. The van der Waals surface area contributed by atoms with Crippen LogP contribution in [0.3, 0.4) is 0 Å². The van der Waals surface area contributed by atoms with Crippen LogP contribution in [0.1, 0.15) is 53.4 Å². The molecule has 0 atom stereocenters. The summed E-state index contributed by atoms with van der Waals surface area (Å²) in [4.78, 5) is 8.01. The molecular weight excluding hydrogens is 372 g/mol. The Morgan fingerprint density at radius 3 is 1.75 bits per heavy atom. The fraction of sp³-hybridized carbons (Fsp3) is 1.00. The normalized spacial score (nSPS) is 29.5. The molecular formula is C21H40N4O2S. The number of likely N-dealkylation sites (tertiary alicyclic amines) is 3. The molecule has 162 valence electrons.